The van der Waals surface area contributed by atoms with Crippen molar-refractivity contribution in [2.24, 2.45) is 5.92 Å². The van der Waals surface area contributed by atoms with E-state index in [4.69, 9.17) is 4.74 Å². The van der Waals surface area contributed by atoms with Crippen LogP contribution in [0.2, 0.25) is 0 Å². The molecule has 5 rings (SSSR count). The van der Waals surface area contributed by atoms with Gasteiger partial charge in [0, 0.05) is 56.6 Å². The van der Waals surface area contributed by atoms with E-state index in [0.717, 1.165) is 36.2 Å². The van der Waals surface area contributed by atoms with Crippen molar-refractivity contribution in [3.05, 3.63) is 94.2 Å². The number of aromatic hydroxyl groups is 1. The second kappa shape index (κ2) is 19.4. The van der Waals surface area contributed by atoms with Crippen molar-refractivity contribution in [3.63, 3.8) is 0 Å². The van der Waals surface area contributed by atoms with Gasteiger partial charge in [-0.25, -0.2) is 9.78 Å². The number of aliphatic carboxylic acids is 1. The molecule has 1 aliphatic carbocycles. The van der Waals surface area contributed by atoms with Crippen molar-refractivity contribution in [1.82, 2.24) is 20.9 Å². The van der Waals surface area contributed by atoms with Crippen LogP contribution in [-0.2, 0) is 25.7 Å². The molecule has 2 aliphatic rings. The van der Waals surface area contributed by atoms with Crippen LogP contribution in [0.3, 0.4) is 0 Å². The molecular formula is C43H55N5O10. The molecule has 15 heteroatoms. The van der Waals surface area contributed by atoms with E-state index in [2.05, 4.69) is 26.3 Å². The lowest BCUT2D eigenvalue weighted by Crippen LogP contribution is -2.67. The zero-order chi connectivity index (χ0) is 42.1. The number of nitrogens with one attached hydrogen (secondary N) is 4. The van der Waals surface area contributed by atoms with Gasteiger partial charge < -0.3 is 51.5 Å². The Labute approximate surface area is 337 Å². The number of rotatable bonds is 15. The number of amides is 3. The van der Waals surface area contributed by atoms with Crippen molar-refractivity contribution in [1.29, 1.82) is 0 Å². The van der Waals surface area contributed by atoms with Gasteiger partial charge in [-0.3, -0.25) is 14.4 Å². The predicted molar refractivity (Wildman–Crippen MR) is 216 cm³/mol. The number of carbonyl (C=O) groups excluding carboxylic acids is 3. The maximum absolute atomic E-state index is 13.2. The van der Waals surface area contributed by atoms with E-state index in [1.54, 1.807) is 26.0 Å². The molecule has 1 aliphatic heterocycles. The Hall–Kier alpha value is -5.35. The Balaban J connectivity index is 1.21. The highest BCUT2D eigenvalue weighted by Crippen LogP contribution is 2.36. The maximum atomic E-state index is 13.2. The highest BCUT2D eigenvalue weighted by atomic mass is 16.6. The molecule has 2 heterocycles. The van der Waals surface area contributed by atoms with E-state index in [9.17, 15) is 44.7 Å². The van der Waals surface area contributed by atoms with E-state index in [0.29, 0.717) is 29.7 Å². The fourth-order valence-electron chi connectivity index (χ4n) is 7.69. The summed E-state index contributed by atoms with van der Waals surface area (Å²) in [4.78, 5) is 55.4. The third-order valence-electron chi connectivity index (χ3n) is 10.9. The topological polar surface area (TPSA) is 240 Å². The lowest BCUT2D eigenvalue weighted by Gasteiger charge is -2.47. The number of pyridine rings is 1. The molecule has 1 aromatic heterocycles. The molecule has 9 N–H and O–H groups in total. The van der Waals surface area contributed by atoms with E-state index in [1.165, 1.54) is 19.1 Å². The fourth-order valence-corrected chi connectivity index (χ4v) is 7.69. The molecule has 58 heavy (non-hydrogen) atoms. The Morgan fingerprint density at radius 3 is 2.43 bits per heavy atom. The Morgan fingerprint density at radius 2 is 1.76 bits per heavy atom. The van der Waals surface area contributed by atoms with Crippen LogP contribution < -0.4 is 21.3 Å². The number of hydrogen-bond acceptors (Lipinski definition) is 11. The summed E-state index contributed by atoms with van der Waals surface area (Å²) in [6.45, 7) is 6.24. The third kappa shape index (κ3) is 11.2. The zero-order valence-corrected chi connectivity index (χ0v) is 33.3. The molecule has 0 spiro atoms. The second-order valence-corrected chi connectivity index (χ2v) is 15.6. The summed E-state index contributed by atoms with van der Waals surface area (Å²) < 4.78 is 6.04. The van der Waals surface area contributed by atoms with Gasteiger partial charge in [0.1, 0.15) is 23.8 Å². The van der Waals surface area contributed by atoms with Crippen molar-refractivity contribution >= 4 is 35.6 Å². The number of anilines is 1. The number of ether oxygens (including phenoxy) is 1. The summed E-state index contributed by atoms with van der Waals surface area (Å²) in [6.07, 6.45) is 1.11. The molecule has 2 unspecified atom stereocenters. The molecule has 3 amide bonds. The lowest BCUT2D eigenvalue weighted by atomic mass is 9.81. The monoisotopic (exact) mass is 801 g/mol. The number of phenolic OH excluding ortho intramolecular Hbond substituents is 1. The molecule has 0 bridgehead atoms. The molecular weight excluding hydrogens is 746 g/mol. The molecule has 2 aromatic carbocycles. The summed E-state index contributed by atoms with van der Waals surface area (Å²) in [5, 5.41) is 65.4. The van der Waals surface area contributed by atoms with Gasteiger partial charge in [-0.15, -0.1) is 0 Å². The smallest absolute Gasteiger partial charge is 0.336 e. The Bertz CT molecular complexity index is 1950. The van der Waals surface area contributed by atoms with Gasteiger partial charge >= 0.3 is 5.97 Å². The highest BCUT2D eigenvalue weighted by Gasteiger charge is 2.54. The van der Waals surface area contributed by atoms with Crippen LogP contribution in [0, 0.1) is 26.7 Å². The number of carboxylic acid groups (broad SMARTS) is 1. The summed E-state index contributed by atoms with van der Waals surface area (Å²) >= 11 is 0. The van der Waals surface area contributed by atoms with E-state index >= 15 is 0 Å². The first-order chi connectivity index (χ1) is 27.5. The van der Waals surface area contributed by atoms with Crippen LogP contribution in [-0.4, -0.2) is 103 Å². The van der Waals surface area contributed by atoms with Crippen molar-refractivity contribution in [2.45, 2.75) is 115 Å². The van der Waals surface area contributed by atoms with Crippen LogP contribution >= 0.6 is 0 Å². The minimum atomic E-state index is -2.06. The van der Waals surface area contributed by atoms with Crippen LogP contribution in [0.5, 0.6) is 5.75 Å². The first-order valence-electron chi connectivity index (χ1n) is 19.6. The average Bonchev–Trinajstić information content (AvgIpc) is 3.19. The van der Waals surface area contributed by atoms with Crippen molar-refractivity contribution in [3.8, 4) is 5.75 Å². The van der Waals surface area contributed by atoms with E-state index in [1.807, 2.05) is 49.5 Å². The van der Waals surface area contributed by atoms with Gasteiger partial charge in [0.25, 0.3) is 5.91 Å². The van der Waals surface area contributed by atoms with Crippen LogP contribution in [0.1, 0.15) is 83.6 Å². The summed E-state index contributed by atoms with van der Waals surface area (Å²) in [5.41, 5.74) is 1.72. The molecule has 0 radical (unpaired) electrons. The quantitative estimate of drug-likeness (QED) is 0.108. The molecule has 15 nitrogen and oxygen atoms in total. The summed E-state index contributed by atoms with van der Waals surface area (Å²) in [5.74, 6) is -1.93. The standard InChI is InChI=1S/C43H55N5O10/c1-24-13-14-35(44-21-24)48-32-12-6-11-30(19-32)40(54)45-22-29-9-5-8-28(18-29)10-7-15-43(42(56)57)20-33(50)36(47-27(4)49)39(58-43)38(53)34(51)23-46-41(55)31-16-25(2)37(52)26(3)17-31/h5,7-10,13-14,16-18,21,30,32-34,36,38-39,50-53H,6,11-12,15,19-20,22-23H2,1-4H3,(H,44,48)(H,45,54)(H,46,55)(H,47,49)(H,56,57)/b10-7+/t30?,32?,33-,34+,36+,38+,39+,43+/m0/s1. The molecule has 1 saturated heterocycles. The highest BCUT2D eigenvalue weighted by molar-refractivity contribution is 5.95. The number of carbonyl (C=O) groups is 4. The van der Waals surface area contributed by atoms with Gasteiger partial charge in [0.2, 0.25) is 11.8 Å². The molecule has 2 fully saturated rings. The first kappa shape index (κ1) is 43.8. The number of phenols is 1. The van der Waals surface area contributed by atoms with E-state index < -0.39 is 66.8 Å². The molecule has 1 saturated carbocycles. The molecule has 312 valence electrons. The largest absolute Gasteiger partial charge is 0.507 e. The van der Waals surface area contributed by atoms with Crippen molar-refractivity contribution in [2.75, 3.05) is 11.9 Å². The van der Waals surface area contributed by atoms with Crippen molar-refractivity contribution < 1.29 is 49.4 Å². The van der Waals surface area contributed by atoms with E-state index in [-0.39, 0.29) is 35.6 Å². The molecule has 8 atom stereocenters. The predicted octanol–water partition coefficient (Wildman–Crippen LogP) is 3.03. The fraction of sp³-hybridized carbons (Fsp3) is 0.465. The minimum Gasteiger partial charge on any atom is -0.507 e. The number of benzene rings is 2. The number of hydrogen-bond donors (Lipinski definition) is 9. The number of carboxylic acids is 1. The summed E-state index contributed by atoms with van der Waals surface area (Å²) in [7, 11) is 0. The normalized spacial score (nSPS) is 24.4. The van der Waals surface area contributed by atoms with Gasteiger partial charge in [0.15, 0.2) is 5.60 Å². The Morgan fingerprint density at radius 1 is 1.02 bits per heavy atom. The summed E-state index contributed by atoms with van der Waals surface area (Å²) in [6, 6.07) is 13.1. The van der Waals surface area contributed by atoms with Gasteiger partial charge in [-0.2, -0.15) is 0 Å². The number of aromatic nitrogens is 1. The third-order valence-corrected chi connectivity index (χ3v) is 10.9. The van der Waals surface area contributed by atoms with Crippen LogP contribution in [0.25, 0.3) is 6.08 Å². The zero-order valence-electron chi connectivity index (χ0n) is 33.3. The van der Waals surface area contributed by atoms with Gasteiger partial charge in [-0.1, -0.05) is 42.8 Å². The number of nitrogens with zero attached hydrogens (tertiary/aromatic N) is 1. The minimum absolute atomic E-state index is 0.0231. The molecule has 3 aromatic rings. The Kier molecular flexibility index (Phi) is 14.6. The number of aliphatic hydroxyl groups is 3. The average molecular weight is 802 g/mol. The SMILES string of the molecule is CC(=O)N[C@H]1[C@H]([C@H](O)[C@H](O)CNC(=O)c2cc(C)c(O)c(C)c2)O[C@@](C/C=C/c2cccc(CNC(=O)C3CCCC(Nc4ccc(C)cn4)C3)c2)(C(=O)O)C[C@@H]1O. The number of aliphatic hydroxyl groups excluding tert-OH is 3. The number of aryl methyl sites for hydroxylation is 3. The maximum Gasteiger partial charge on any atom is 0.336 e. The second-order valence-electron chi connectivity index (χ2n) is 15.6. The van der Waals surface area contributed by atoms with Crippen LogP contribution in [0.4, 0.5) is 5.82 Å². The van der Waals surface area contributed by atoms with Gasteiger partial charge in [0.05, 0.1) is 18.2 Å². The van der Waals surface area contributed by atoms with Gasteiger partial charge in [-0.05, 0) is 92.1 Å². The first-order valence-corrected chi connectivity index (χ1v) is 19.6. The lowest BCUT2D eigenvalue weighted by molar-refractivity contribution is -0.226. The van der Waals surface area contributed by atoms with Crippen LogP contribution in [0.15, 0.2) is 60.8 Å².